The Morgan fingerprint density at radius 3 is 1.84 bits per heavy atom. The summed E-state index contributed by atoms with van der Waals surface area (Å²) in [4.78, 5) is 20.1. The highest BCUT2D eigenvalue weighted by atomic mass is 15.1. The smallest absolute Gasteiger partial charge is 0.164 e. The van der Waals surface area contributed by atoms with Gasteiger partial charge in [-0.2, -0.15) is 0 Å². The molecule has 0 aliphatic heterocycles. The third kappa shape index (κ3) is 4.56. The molecule has 0 bridgehead atoms. The largest absolute Gasteiger partial charge is 0.297 e. The molecule has 9 rings (SSSR count). The van der Waals surface area contributed by atoms with E-state index in [0.717, 1.165) is 89.6 Å². The Kier molecular flexibility index (Phi) is 6.87. The fourth-order valence-electron chi connectivity index (χ4n) is 7.17. The van der Waals surface area contributed by atoms with E-state index in [4.69, 9.17) is 19.9 Å². The van der Waals surface area contributed by atoms with Crippen LogP contribution < -0.4 is 0 Å². The molecule has 0 atom stereocenters. The number of rotatable bonds is 6. The van der Waals surface area contributed by atoms with E-state index in [9.17, 15) is 0 Å². The van der Waals surface area contributed by atoms with Gasteiger partial charge in [0.15, 0.2) is 11.3 Å². The summed E-state index contributed by atoms with van der Waals surface area (Å²) in [7, 11) is 0. The highest BCUT2D eigenvalue weighted by molar-refractivity contribution is 6.32. The lowest BCUT2D eigenvalue weighted by Crippen LogP contribution is -1.99. The average Bonchev–Trinajstić information content (AvgIpc) is 3.67. The molecule has 4 aromatic heterocycles. The van der Waals surface area contributed by atoms with Crippen LogP contribution in [-0.4, -0.2) is 29.1 Å². The number of aryl methyl sites for hydroxylation is 1. The maximum atomic E-state index is 5.09. The molecular formula is C43H32N6. The summed E-state index contributed by atoms with van der Waals surface area (Å²) in [6.07, 6.45) is 12.3. The molecule has 0 fully saturated rings. The lowest BCUT2D eigenvalue weighted by Gasteiger charge is -2.18. The Morgan fingerprint density at radius 1 is 0.551 bits per heavy atom. The first-order valence-electron chi connectivity index (χ1n) is 16.6. The van der Waals surface area contributed by atoms with E-state index < -0.39 is 0 Å². The maximum absolute atomic E-state index is 5.09. The Balaban J connectivity index is 1.59. The lowest BCUT2D eigenvalue weighted by molar-refractivity contribution is 1.11. The van der Waals surface area contributed by atoms with Crippen molar-refractivity contribution in [3.63, 3.8) is 0 Å². The molecule has 49 heavy (non-hydrogen) atoms. The van der Waals surface area contributed by atoms with Gasteiger partial charge in [-0.1, -0.05) is 110 Å². The highest BCUT2D eigenvalue weighted by Gasteiger charge is 2.29. The average molecular weight is 633 g/mol. The summed E-state index contributed by atoms with van der Waals surface area (Å²) in [5.41, 5.74) is 14.2. The minimum Gasteiger partial charge on any atom is -0.297 e. The molecule has 9 aromatic rings. The van der Waals surface area contributed by atoms with Gasteiger partial charge >= 0.3 is 0 Å². The summed E-state index contributed by atoms with van der Waals surface area (Å²) in [6.45, 7) is 4.26. The molecule has 234 valence electrons. The van der Waals surface area contributed by atoms with E-state index in [-0.39, 0.29) is 0 Å². The molecule has 0 spiro atoms. The predicted molar refractivity (Wildman–Crippen MR) is 202 cm³/mol. The van der Waals surface area contributed by atoms with Gasteiger partial charge in [-0.25, -0.2) is 9.97 Å². The predicted octanol–water partition coefficient (Wildman–Crippen LogP) is 10.7. The molecule has 0 aliphatic carbocycles. The van der Waals surface area contributed by atoms with Crippen molar-refractivity contribution in [2.75, 3.05) is 0 Å². The van der Waals surface area contributed by atoms with Crippen molar-refractivity contribution in [3.05, 3.63) is 146 Å². The first-order chi connectivity index (χ1) is 24.2. The van der Waals surface area contributed by atoms with Gasteiger partial charge in [-0.3, -0.25) is 19.1 Å². The normalized spacial score (nSPS) is 11.9. The van der Waals surface area contributed by atoms with Crippen LogP contribution in [0.4, 0.5) is 0 Å². The monoisotopic (exact) mass is 632 g/mol. The molecule has 6 nitrogen and oxygen atoms in total. The van der Waals surface area contributed by atoms with Gasteiger partial charge in [0, 0.05) is 58.6 Å². The Morgan fingerprint density at radius 2 is 1.12 bits per heavy atom. The van der Waals surface area contributed by atoms with Crippen LogP contribution in [0.3, 0.4) is 0 Å². The van der Waals surface area contributed by atoms with Crippen LogP contribution in [0.1, 0.15) is 18.9 Å². The van der Waals surface area contributed by atoms with E-state index in [2.05, 4.69) is 144 Å². The van der Waals surface area contributed by atoms with Gasteiger partial charge in [0.1, 0.15) is 11.0 Å². The van der Waals surface area contributed by atoms with Crippen molar-refractivity contribution in [3.8, 4) is 39.1 Å². The van der Waals surface area contributed by atoms with Crippen molar-refractivity contribution in [2.24, 2.45) is 0 Å². The maximum Gasteiger partial charge on any atom is 0.164 e. The molecule has 0 saturated carbocycles. The second kappa shape index (κ2) is 11.7. The van der Waals surface area contributed by atoms with E-state index in [1.54, 1.807) is 24.8 Å². The minimum absolute atomic E-state index is 0.797. The SMILES string of the molecule is CC/C=C/n1c2nccnc2c2c(-c3ccccc3)c(-c3cccc(-c4ccccc4)c3)c3c4nccnc4n(-c4ccc(C)cc4)c3c21. The van der Waals surface area contributed by atoms with Crippen LogP contribution in [0.2, 0.25) is 0 Å². The number of benzene rings is 5. The number of hydrogen-bond acceptors (Lipinski definition) is 4. The third-order valence-corrected chi connectivity index (χ3v) is 9.29. The molecule has 0 unspecified atom stereocenters. The van der Waals surface area contributed by atoms with Gasteiger partial charge in [0.25, 0.3) is 0 Å². The summed E-state index contributed by atoms with van der Waals surface area (Å²) >= 11 is 0. The molecule has 0 amide bonds. The van der Waals surface area contributed by atoms with Crippen LogP contribution in [0.15, 0.2) is 140 Å². The molecule has 0 radical (unpaired) electrons. The topological polar surface area (TPSA) is 61.4 Å². The Labute approximate surface area is 283 Å². The molecule has 5 aromatic carbocycles. The zero-order valence-corrected chi connectivity index (χ0v) is 27.2. The summed E-state index contributed by atoms with van der Waals surface area (Å²) in [5.74, 6) is 0. The molecule has 0 N–H and O–H groups in total. The first kappa shape index (κ1) is 28.8. The van der Waals surface area contributed by atoms with Crippen LogP contribution >= 0.6 is 0 Å². The second-order valence-electron chi connectivity index (χ2n) is 12.3. The zero-order valence-electron chi connectivity index (χ0n) is 27.2. The van der Waals surface area contributed by atoms with Crippen molar-refractivity contribution < 1.29 is 0 Å². The number of nitrogens with zero attached hydrogens (tertiary/aromatic N) is 6. The standard InChI is InChI=1S/C43H32N6/c1-3-4-26-48-40-36(38-42(48)46-24-22-44-38)34(30-14-9-6-10-15-30)35(32-17-11-16-31(27-32)29-12-7-5-8-13-29)37-39-43(47-25-23-45-39)49(41(37)40)33-20-18-28(2)19-21-33/h4-27H,3H2,1-2H3/b26-4+. The first-order valence-corrected chi connectivity index (χ1v) is 16.6. The van der Waals surface area contributed by atoms with Crippen molar-refractivity contribution >= 4 is 50.3 Å². The van der Waals surface area contributed by atoms with E-state index in [1.165, 1.54) is 5.56 Å². The van der Waals surface area contributed by atoms with Crippen LogP contribution in [0.25, 0.3) is 89.4 Å². The Hall–Kier alpha value is -6.40. The molecule has 6 heteroatoms. The number of aromatic nitrogens is 6. The number of fused-ring (bicyclic) bond motifs is 7. The molecule has 4 heterocycles. The van der Waals surface area contributed by atoms with Gasteiger partial charge < -0.3 is 0 Å². The second-order valence-corrected chi connectivity index (χ2v) is 12.3. The summed E-state index contributed by atoms with van der Waals surface area (Å²) in [5, 5.41) is 2.08. The van der Waals surface area contributed by atoms with Crippen LogP contribution in [0.5, 0.6) is 0 Å². The van der Waals surface area contributed by atoms with Crippen molar-refractivity contribution in [2.45, 2.75) is 20.3 Å². The summed E-state index contributed by atoms with van der Waals surface area (Å²) < 4.78 is 4.48. The number of hydrogen-bond donors (Lipinski definition) is 0. The van der Waals surface area contributed by atoms with E-state index >= 15 is 0 Å². The fourth-order valence-corrected chi connectivity index (χ4v) is 7.17. The van der Waals surface area contributed by atoms with Gasteiger partial charge in [0.2, 0.25) is 0 Å². The third-order valence-electron chi connectivity index (χ3n) is 9.29. The van der Waals surface area contributed by atoms with Gasteiger partial charge in [-0.05, 0) is 53.8 Å². The minimum atomic E-state index is 0.797. The van der Waals surface area contributed by atoms with E-state index in [0.29, 0.717) is 0 Å². The van der Waals surface area contributed by atoms with Gasteiger partial charge in [-0.15, -0.1) is 0 Å². The number of allylic oxidation sites excluding steroid dienone is 1. The van der Waals surface area contributed by atoms with Gasteiger partial charge in [0.05, 0.1) is 11.0 Å². The highest BCUT2D eigenvalue weighted by Crippen LogP contribution is 2.50. The molecule has 0 aliphatic rings. The molecular weight excluding hydrogens is 601 g/mol. The Bertz CT molecular complexity index is 2690. The van der Waals surface area contributed by atoms with Crippen LogP contribution in [0, 0.1) is 6.92 Å². The van der Waals surface area contributed by atoms with Crippen molar-refractivity contribution in [1.29, 1.82) is 0 Å². The molecule has 0 saturated heterocycles. The van der Waals surface area contributed by atoms with E-state index in [1.807, 2.05) is 0 Å². The summed E-state index contributed by atoms with van der Waals surface area (Å²) in [6, 6.07) is 38.7. The van der Waals surface area contributed by atoms with Crippen LogP contribution in [-0.2, 0) is 0 Å². The van der Waals surface area contributed by atoms with Crippen molar-refractivity contribution in [1.82, 2.24) is 29.1 Å². The fraction of sp³-hybridized carbons (Fsp3) is 0.0698. The zero-order chi connectivity index (χ0) is 32.9. The quantitative estimate of drug-likeness (QED) is 0.183. The lowest BCUT2D eigenvalue weighted by atomic mass is 9.87.